The van der Waals surface area contributed by atoms with Crippen molar-refractivity contribution >= 4 is 5.91 Å². The first kappa shape index (κ1) is 15.8. The topological polar surface area (TPSA) is 55.6 Å². The second kappa shape index (κ2) is 7.46. The SMILES string of the molecule is CCCN1C(=O)CCCC(N)C1c1ccc(OCC)cc1. The Bertz CT molecular complexity index is 458. The van der Waals surface area contributed by atoms with Crippen LogP contribution in [0.5, 0.6) is 5.75 Å². The minimum atomic E-state index is -0.0179. The van der Waals surface area contributed by atoms with Gasteiger partial charge in [-0.2, -0.15) is 0 Å². The molecular formula is C17H26N2O2. The third kappa shape index (κ3) is 3.76. The Morgan fingerprint density at radius 1 is 1.29 bits per heavy atom. The Kier molecular flexibility index (Phi) is 5.62. The number of carbonyl (C=O) groups excluding carboxylic acids is 1. The van der Waals surface area contributed by atoms with Crippen LogP contribution in [0.25, 0.3) is 0 Å². The molecule has 0 saturated carbocycles. The van der Waals surface area contributed by atoms with Crippen molar-refractivity contribution < 1.29 is 9.53 Å². The number of nitrogens with two attached hydrogens (primary N) is 1. The number of amides is 1. The third-order valence-corrected chi connectivity index (χ3v) is 3.99. The summed E-state index contributed by atoms with van der Waals surface area (Å²) in [4.78, 5) is 14.3. The number of hydrogen-bond acceptors (Lipinski definition) is 3. The van der Waals surface area contributed by atoms with Gasteiger partial charge in [0.1, 0.15) is 5.75 Å². The van der Waals surface area contributed by atoms with E-state index in [1.165, 1.54) is 0 Å². The molecule has 0 aliphatic carbocycles. The number of rotatable bonds is 5. The zero-order valence-electron chi connectivity index (χ0n) is 13.0. The predicted molar refractivity (Wildman–Crippen MR) is 84.2 cm³/mol. The third-order valence-electron chi connectivity index (χ3n) is 3.99. The molecule has 1 aromatic carbocycles. The second-order valence-electron chi connectivity index (χ2n) is 5.59. The van der Waals surface area contributed by atoms with E-state index >= 15 is 0 Å². The van der Waals surface area contributed by atoms with Crippen molar-refractivity contribution in [2.45, 2.75) is 51.6 Å². The summed E-state index contributed by atoms with van der Waals surface area (Å²) in [5.41, 5.74) is 7.47. The number of carbonyl (C=O) groups is 1. The van der Waals surface area contributed by atoms with Crippen molar-refractivity contribution in [3.05, 3.63) is 29.8 Å². The molecule has 1 aliphatic heterocycles. The monoisotopic (exact) mass is 290 g/mol. The fourth-order valence-electron chi connectivity index (χ4n) is 3.04. The molecule has 2 rings (SSSR count). The maximum atomic E-state index is 12.3. The minimum Gasteiger partial charge on any atom is -0.494 e. The predicted octanol–water partition coefficient (Wildman–Crippen LogP) is 2.88. The molecule has 2 atom stereocenters. The van der Waals surface area contributed by atoms with Crippen LogP contribution in [-0.2, 0) is 4.79 Å². The largest absolute Gasteiger partial charge is 0.494 e. The number of benzene rings is 1. The van der Waals surface area contributed by atoms with Gasteiger partial charge in [-0.05, 0) is 43.9 Å². The summed E-state index contributed by atoms with van der Waals surface area (Å²) in [5.74, 6) is 1.08. The molecular weight excluding hydrogens is 264 g/mol. The molecule has 0 bridgehead atoms. The molecule has 0 aromatic heterocycles. The van der Waals surface area contributed by atoms with Crippen molar-refractivity contribution in [2.75, 3.05) is 13.2 Å². The fourth-order valence-corrected chi connectivity index (χ4v) is 3.04. The summed E-state index contributed by atoms with van der Waals surface area (Å²) >= 11 is 0. The second-order valence-corrected chi connectivity index (χ2v) is 5.59. The molecule has 1 amide bonds. The molecule has 1 aromatic rings. The van der Waals surface area contributed by atoms with Crippen LogP contribution in [0.1, 0.15) is 51.1 Å². The molecule has 21 heavy (non-hydrogen) atoms. The van der Waals surface area contributed by atoms with Gasteiger partial charge in [-0.15, -0.1) is 0 Å². The highest BCUT2D eigenvalue weighted by Crippen LogP contribution is 2.31. The summed E-state index contributed by atoms with van der Waals surface area (Å²) in [5, 5.41) is 0. The zero-order valence-corrected chi connectivity index (χ0v) is 13.0. The van der Waals surface area contributed by atoms with E-state index < -0.39 is 0 Å². The summed E-state index contributed by atoms with van der Waals surface area (Å²) in [6, 6.07) is 7.99. The van der Waals surface area contributed by atoms with Crippen molar-refractivity contribution in [1.29, 1.82) is 0 Å². The van der Waals surface area contributed by atoms with Gasteiger partial charge < -0.3 is 15.4 Å². The van der Waals surface area contributed by atoms with Crippen molar-refractivity contribution in [3.63, 3.8) is 0 Å². The molecule has 2 unspecified atom stereocenters. The van der Waals surface area contributed by atoms with Gasteiger partial charge in [-0.1, -0.05) is 19.1 Å². The maximum Gasteiger partial charge on any atom is 0.223 e. The van der Waals surface area contributed by atoms with E-state index in [1.807, 2.05) is 36.1 Å². The number of ether oxygens (including phenoxy) is 1. The number of likely N-dealkylation sites (tertiary alicyclic amines) is 1. The first-order valence-electron chi connectivity index (χ1n) is 7.95. The molecule has 0 spiro atoms. The van der Waals surface area contributed by atoms with E-state index in [4.69, 9.17) is 10.5 Å². The molecule has 1 heterocycles. The van der Waals surface area contributed by atoms with Gasteiger partial charge in [0.25, 0.3) is 0 Å². The number of nitrogens with zero attached hydrogens (tertiary/aromatic N) is 1. The van der Waals surface area contributed by atoms with Crippen LogP contribution < -0.4 is 10.5 Å². The molecule has 1 saturated heterocycles. The molecule has 4 nitrogen and oxygen atoms in total. The normalized spacial score (nSPS) is 23.0. The first-order valence-corrected chi connectivity index (χ1v) is 7.95. The Morgan fingerprint density at radius 2 is 2.00 bits per heavy atom. The zero-order chi connectivity index (χ0) is 15.2. The van der Waals surface area contributed by atoms with Gasteiger partial charge in [0.15, 0.2) is 0 Å². The van der Waals surface area contributed by atoms with Gasteiger partial charge in [-0.3, -0.25) is 4.79 Å². The molecule has 116 valence electrons. The van der Waals surface area contributed by atoms with Gasteiger partial charge >= 0.3 is 0 Å². The Labute approximate surface area is 127 Å². The van der Waals surface area contributed by atoms with Crippen molar-refractivity contribution in [3.8, 4) is 5.75 Å². The van der Waals surface area contributed by atoms with Crippen LogP contribution in [0.4, 0.5) is 0 Å². The quantitative estimate of drug-likeness (QED) is 0.907. The molecule has 4 heteroatoms. The summed E-state index contributed by atoms with van der Waals surface area (Å²) in [6.45, 7) is 5.49. The lowest BCUT2D eigenvalue weighted by Crippen LogP contribution is -2.42. The van der Waals surface area contributed by atoms with E-state index in [0.717, 1.165) is 37.1 Å². The summed E-state index contributed by atoms with van der Waals surface area (Å²) in [7, 11) is 0. The van der Waals surface area contributed by atoms with E-state index in [0.29, 0.717) is 13.0 Å². The number of hydrogen-bond donors (Lipinski definition) is 1. The molecule has 2 N–H and O–H groups in total. The highest BCUT2D eigenvalue weighted by molar-refractivity contribution is 5.77. The van der Waals surface area contributed by atoms with Crippen LogP contribution in [0, 0.1) is 0 Å². The smallest absolute Gasteiger partial charge is 0.223 e. The Hall–Kier alpha value is -1.55. The van der Waals surface area contributed by atoms with Gasteiger partial charge in [0.05, 0.1) is 12.6 Å². The highest BCUT2D eigenvalue weighted by Gasteiger charge is 2.32. The Morgan fingerprint density at radius 3 is 2.62 bits per heavy atom. The summed E-state index contributed by atoms with van der Waals surface area (Å²) in [6.07, 6.45) is 3.34. The van der Waals surface area contributed by atoms with E-state index in [9.17, 15) is 4.79 Å². The van der Waals surface area contributed by atoms with E-state index in [-0.39, 0.29) is 18.0 Å². The minimum absolute atomic E-state index is 0.000874. The molecule has 1 fully saturated rings. The van der Waals surface area contributed by atoms with Crippen LogP contribution in [0.15, 0.2) is 24.3 Å². The average molecular weight is 290 g/mol. The van der Waals surface area contributed by atoms with Crippen LogP contribution in [0.2, 0.25) is 0 Å². The lowest BCUT2D eigenvalue weighted by atomic mass is 9.96. The standard InChI is InChI=1S/C17H26N2O2/c1-3-12-19-16(20)7-5-6-15(18)17(19)13-8-10-14(11-9-13)21-4-2/h8-11,15,17H,3-7,12,18H2,1-2H3. The fraction of sp³-hybridized carbons (Fsp3) is 0.588. The van der Waals surface area contributed by atoms with Crippen molar-refractivity contribution in [1.82, 2.24) is 4.90 Å². The molecule has 0 radical (unpaired) electrons. The lowest BCUT2D eigenvalue weighted by molar-refractivity contribution is -0.133. The van der Waals surface area contributed by atoms with Crippen molar-refractivity contribution in [2.24, 2.45) is 5.73 Å². The van der Waals surface area contributed by atoms with Gasteiger partial charge in [0, 0.05) is 19.0 Å². The van der Waals surface area contributed by atoms with Gasteiger partial charge in [-0.25, -0.2) is 0 Å². The summed E-state index contributed by atoms with van der Waals surface area (Å²) < 4.78 is 5.48. The van der Waals surface area contributed by atoms with Gasteiger partial charge in [0.2, 0.25) is 5.91 Å². The molecule has 1 aliphatic rings. The highest BCUT2D eigenvalue weighted by atomic mass is 16.5. The van der Waals surface area contributed by atoms with E-state index in [1.54, 1.807) is 0 Å². The Balaban J connectivity index is 2.27. The maximum absolute atomic E-state index is 12.3. The van der Waals surface area contributed by atoms with Crippen LogP contribution in [-0.4, -0.2) is 30.0 Å². The average Bonchev–Trinajstić information content (AvgIpc) is 2.61. The van der Waals surface area contributed by atoms with E-state index in [2.05, 4.69) is 6.92 Å². The van der Waals surface area contributed by atoms with Crippen LogP contribution >= 0.6 is 0 Å². The van der Waals surface area contributed by atoms with Crippen LogP contribution in [0.3, 0.4) is 0 Å². The first-order chi connectivity index (χ1) is 10.2. The lowest BCUT2D eigenvalue weighted by Gasteiger charge is -2.34.